The topological polar surface area (TPSA) is 80.5 Å². The van der Waals surface area contributed by atoms with E-state index in [0.717, 1.165) is 5.56 Å². The fourth-order valence-electron chi connectivity index (χ4n) is 1.90. The zero-order chi connectivity index (χ0) is 16.3. The first-order valence-corrected chi connectivity index (χ1v) is 8.08. The summed E-state index contributed by atoms with van der Waals surface area (Å²) in [6.45, 7) is 0.153. The maximum Gasteiger partial charge on any atom is 0.269 e. The molecule has 0 amide bonds. The minimum Gasteiger partial charge on any atom is -0.258 e. The number of benzene rings is 2. The van der Waals surface area contributed by atoms with Crippen LogP contribution in [0.1, 0.15) is 5.56 Å². The fraction of sp³-hybridized carbons (Fsp3) is 0.143. The number of sulfonamides is 1. The number of nitrogens with zero attached hydrogens (tertiary/aromatic N) is 2. The molecule has 0 unspecified atom stereocenters. The highest BCUT2D eigenvalue weighted by Gasteiger charge is 2.21. The first-order valence-electron chi connectivity index (χ1n) is 6.26. The zero-order valence-corrected chi connectivity index (χ0v) is 13.2. The van der Waals surface area contributed by atoms with Crippen LogP contribution in [0.5, 0.6) is 0 Å². The molecular weight excluding hydrogens is 328 g/mol. The van der Waals surface area contributed by atoms with Gasteiger partial charge >= 0.3 is 0 Å². The molecule has 8 heteroatoms. The molecule has 2 aromatic carbocycles. The van der Waals surface area contributed by atoms with Crippen molar-refractivity contribution >= 4 is 27.3 Å². The van der Waals surface area contributed by atoms with Crippen LogP contribution >= 0.6 is 11.6 Å². The van der Waals surface area contributed by atoms with Crippen LogP contribution in [0.3, 0.4) is 0 Å². The maximum absolute atomic E-state index is 12.4. The molecule has 0 aromatic heterocycles. The monoisotopic (exact) mass is 340 g/mol. The fourth-order valence-corrected chi connectivity index (χ4v) is 3.27. The number of hydrogen-bond donors (Lipinski definition) is 0. The van der Waals surface area contributed by atoms with E-state index in [1.807, 2.05) is 0 Å². The van der Waals surface area contributed by atoms with Gasteiger partial charge in [-0.05, 0) is 29.8 Å². The van der Waals surface area contributed by atoms with Crippen molar-refractivity contribution in [3.8, 4) is 0 Å². The van der Waals surface area contributed by atoms with Gasteiger partial charge in [-0.25, -0.2) is 8.42 Å². The highest BCUT2D eigenvalue weighted by molar-refractivity contribution is 7.89. The van der Waals surface area contributed by atoms with E-state index < -0.39 is 14.9 Å². The quantitative estimate of drug-likeness (QED) is 0.618. The molecule has 0 aliphatic carbocycles. The molecule has 0 bridgehead atoms. The van der Waals surface area contributed by atoms with Crippen molar-refractivity contribution in [1.29, 1.82) is 0 Å². The zero-order valence-electron chi connectivity index (χ0n) is 11.6. The standard InChI is InChI=1S/C14H13ClN2O4S/c1-16(10-11-3-2-4-12(15)9-11)22(20,21)14-7-5-13(6-8-14)17(18)19/h2-9H,10H2,1H3. The number of nitro benzene ring substituents is 1. The lowest BCUT2D eigenvalue weighted by atomic mass is 10.2. The van der Waals surface area contributed by atoms with E-state index in [0.29, 0.717) is 5.02 Å². The number of halogens is 1. The summed E-state index contributed by atoms with van der Waals surface area (Å²) in [5.74, 6) is 0. The van der Waals surface area contributed by atoms with Gasteiger partial charge in [-0.1, -0.05) is 23.7 Å². The predicted octanol–water partition coefficient (Wildman–Crippen LogP) is 3.07. The van der Waals surface area contributed by atoms with Gasteiger partial charge in [0.25, 0.3) is 5.69 Å². The Labute approximate surface area is 133 Å². The van der Waals surface area contributed by atoms with Gasteiger partial charge in [0.15, 0.2) is 0 Å². The highest BCUT2D eigenvalue weighted by atomic mass is 35.5. The molecule has 0 N–H and O–H groups in total. The Morgan fingerprint density at radius 3 is 2.36 bits per heavy atom. The molecule has 0 saturated heterocycles. The molecular formula is C14H13ClN2O4S. The lowest BCUT2D eigenvalue weighted by Crippen LogP contribution is -2.26. The van der Waals surface area contributed by atoms with E-state index in [1.54, 1.807) is 24.3 Å². The number of nitro groups is 1. The largest absolute Gasteiger partial charge is 0.269 e. The van der Waals surface area contributed by atoms with Crippen LogP contribution in [0.15, 0.2) is 53.4 Å². The van der Waals surface area contributed by atoms with Gasteiger partial charge in [-0.15, -0.1) is 0 Å². The second-order valence-corrected chi connectivity index (χ2v) is 7.12. The normalized spacial score (nSPS) is 11.6. The summed E-state index contributed by atoms with van der Waals surface area (Å²) >= 11 is 5.87. The summed E-state index contributed by atoms with van der Waals surface area (Å²) < 4.78 is 26.0. The van der Waals surface area contributed by atoms with Gasteiger partial charge in [-0.3, -0.25) is 10.1 Å². The Balaban J connectivity index is 2.23. The highest BCUT2D eigenvalue weighted by Crippen LogP contribution is 2.21. The molecule has 0 heterocycles. The summed E-state index contributed by atoms with van der Waals surface area (Å²) in [4.78, 5) is 10.0. The lowest BCUT2D eigenvalue weighted by Gasteiger charge is -2.17. The number of non-ortho nitro benzene ring substituents is 1. The van der Waals surface area contributed by atoms with Gasteiger partial charge in [0.2, 0.25) is 10.0 Å². The van der Waals surface area contributed by atoms with E-state index in [1.165, 1.54) is 35.6 Å². The van der Waals surface area contributed by atoms with Crippen molar-refractivity contribution in [2.75, 3.05) is 7.05 Å². The second kappa shape index (κ2) is 6.43. The summed E-state index contributed by atoms with van der Waals surface area (Å²) in [6, 6.07) is 11.7. The summed E-state index contributed by atoms with van der Waals surface area (Å²) in [7, 11) is -2.28. The van der Waals surface area contributed by atoms with Crippen molar-refractivity contribution < 1.29 is 13.3 Å². The Kier molecular flexibility index (Phi) is 4.80. The number of rotatable bonds is 5. The third-order valence-electron chi connectivity index (χ3n) is 3.05. The van der Waals surface area contributed by atoms with E-state index in [2.05, 4.69) is 0 Å². The van der Waals surface area contributed by atoms with Gasteiger partial charge in [0.05, 0.1) is 9.82 Å². The predicted molar refractivity (Wildman–Crippen MR) is 83.2 cm³/mol. The van der Waals surface area contributed by atoms with Crippen molar-refractivity contribution in [2.24, 2.45) is 0 Å². The molecule has 0 spiro atoms. The first-order chi connectivity index (χ1) is 10.3. The SMILES string of the molecule is CN(Cc1cccc(Cl)c1)S(=O)(=O)c1ccc([N+](=O)[O-])cc1. The van der Waals surface area contributed by atoms with Gasteiger partial charge in [0, 0.05) is 30.7 Å². The van der Waals surface area contributed by atoms with Crippen molar-refractivity contribution in [2.45, 2.75) is 11.4 Å². The molecule has 0 aliphatic heterocycles. The molecule has 0 saturated carbocycles. The maximum atomic E-state index is 12.4. The van der Waals surface area contributed by atoms with Gasteiger partial charge in [0.1, 0.15) is 0 Å². The van der Waals surface area contributed by atoms with Crippen LogP contribution in [0.4, 0.5) is 5.69 Å². The first kappa shape index (κ1) is 16.4. The average Bonchev–Trinajstić information content (AvgIpc) is 2.47. The molecule has 0 aliphatic rings. The van der Waals surface area contributed by atoms with E-state index in [9.17, 15) is 18.5 Å². The summed E-state index contributed by atoms with van der Waals surface area (Å²) in [5, 5.41) is 11.1. The average molecular weight is 341 g/mol. The van der Waals surface area contributed by atoms with Gasteiger partial charge in [-0.2, -0.15) is 4.31 Å². The van der Waals surface area contributed by atoms with Crippen LogP contribution in [0.25, 0.3) is 0 Å². The Morgan fingerprint density at radius 1 is 1.18 bits per heavy atom. The van der Waals surface area contributed by atoms with Crippen LogP contribution in [0, 0.1) is 10.1 Å². The second-order valence-electron chi connectivity index (χ2n) is 4.64. The third-order valence-corrected chi connectivity index (χ3v) is 5.10. The summed E-state index contributed by atoms with van der Waals surface area (Å²) in [5.41, 5.74) is 0.594. The molecule has 6 nitrogen and oxygen atoms in total. The molecule has 116 valence electrons. The molecule has 0 atom stereocenters. The smallest absolute Gasteiger partial charge is 0.258 e. The molecule has 22 heavy (non-hydrogen) atoms. The van der Waals surface area contributed by atoms with Crippen LogP contribution in [0.2, 0.25) is 5.02 Å². The van der Waals surface area contributed by atoms with E-state index >= 15 is 0 Å². The summed E-state index contributed by atoms with van der Waals surface area (Å²) in [6.07, 6.45) is 0. The van der Waals surface area contributed by atoms with E-state index in [-0.39, 0.29) is 17.1 Å². The third kappa shape index (κ3) is 3.62. The minimum atomic E-state index is -3.72. The number of hydrogen-bond acceptors (Lipinski definition) is 4. The van der Waals surface area contributed by atoms with Crippen LogP contribution < -0.4 is 0 Å². The van der Waals surface area contributed by atoms with Crippen molar-refractivity contribution in [3.63, 3.8) is 0 Å². The molecule has 0 radical (unpaired) electrons. The molecule has 0 fully saturated rings. The molecule has 2 aromatic rings. The molecule has 2 rings (SSSR count). The van der Waals surface area contributed by atoms with Gasteiger partial charge < -0.3 is 0 Å². The minimum absolute atomic E-state index is 0.00243. The van der Waals surface area contributed by atoms with Crippen molar-refractivity contribution in [1.82, 2.24) is 4.31 Å². The Morgan fingerprint density at radius 2 is 1.82 bits per heavy atom. The van der Waals surface area contributed by atoms with Crippen LogP contribution in [-0.4, -0.2) is 24.7 Å². The van der Waals surface area contributed by atoms with E-state index in [4.69, 9.17) is 11.6 Å². The van der Waals surface area contributed by atoms with Crippen molar-refractivity contribution in [3.05, 3.63) is 69.2 Å². The lowest BCUT2D eigenvalue weighted by molar-refractivity contribution is -0.384. The van der Waals surface area contributed by atoms with Crippen LogP contribution in [-0.2, 0) is 16.6 Å². The Bertz CT molecular complexity index is 791. The Hall–Kier alpha value is -1.96.